The van der Waals surface area contributed by atoms with Crippen LogP contribution in [0.2, 0.25) is 0 Å². The van der Waals surface area contributed by atoms with Crippen molar-refractivity contribution in [2.24, 2.45) is 0 Å². The number of carbonyl (C=O) groups is 1. The summed E-state index contributed by atoms with van der Waals surface area (Å²) in [7, 11) is 0. The molecule has 0 bridgehead atoms. The second-order valence-electron chi connectivity index (χ2n) is 10.3. The summed E-state index contributed by atoms with van der Waals surface area (Å²) in [5, 5.41) is 19.2. The van der Waals surface area contributed by atoms with Gasteiger partial charge in [-0.25, -0.2) is 18.7 Å². The zero-order chi connectivity index (χ0) is 27.0. The Bertz CT molecular complexity index is 1550. The van der Waals surface area contributed by atoms with Crippen LogP contribution in [0.15, 0.2) is 52.9 Å². The maximum absolute atomic E-state index is 13.8. The lowest BCUT2D eigenvalue weighted by molar-refractivity contribution is 0.0167. The summed E-state index contributed by atoms with van der Waals surface area (Å²) >= 11 is 1.35. The van der Waals surface area contributed by atoms with Gasteiger partial charge in [0.1, 0.15) is 22.5 Å². The number of piperidine rings is 1. The van der Waals surface area contributed by atoms with Gasteiger partial charge in [0, 0.05) is 41.5 Å². The van der Waals surface area contributed by atoms with E-state index in [1.807, 2.05) is 43.9 Å². The van der Waals surface area contributed by atoms with Crippen LogP contribution in [0.4, 0.5) is 9.18 Å². The molecule has 196 valence electrons. The fourth-order valence-corrected chi connectivity index (χ4v) is 5.47. The molecule has 1 saturated heterocycles. The van der Waals surface area contributed by atoms with Crippen molar-refractivity contribution in [2.45, 2.75) is 62.1 Å². The van der Waals surface area contributed by atoms with Crippen LogP contribution in [-0.4, -0.2) is 54.1 Å². The van der Waals surface area contributed by atoms with E-state index < -0.39 is 5.60 Å². The van der Waals surface area contributed by atoms with Crippen LogP contribution in [0.5, 0.6) is 0 Å². The Balaban J connectivity index is 1.44. The summed E-state index contributed by atoms with van der Waals surface area (Å²) in [5.41, 5.74) is 2.61. The first-order valence-corrected chi connectivity index (χ1v) is 13.2. The van der Waals surface area contributed by atoms with Crippen molar-refractivity contribution in [1.29, 1.82) is 5.26 Å². The van der Waals surface area contributed by atoms with Gasteiger partial charge in [0.2, 0.25) is 0 Å². The smallest absolute Gasteiger partial charge is 0.410 e. The number of ether oxygens (including phenoxy) is 1. The predicted molar refractivity (Wildman–Crippen MR) is 140 cm³/mol. The highest BCUT2D eigenvalue weighted by atomic mass is 32.2. The van der Waals surface area contributed by atoms with E-state index in [1.165, 1.54) is 24.0 Å². The maximum atomic E-state index is 13.8. The SMILES string of the molecule is Cc1nc(Sc2cc(-c3cnn([C@H]4CCCN(C(=O)OC(C)(C)C)C4)c3)cn3ncc(C#N)c23)ccc1F. The fourth-order valence-electron chi connectivity index (χ4n) is 4.44. The molecule has 5 rings (SSSR count). The minimum atomic E-state index is -0.544. The Kier molecular flexibility index (Phi) is 6.84. The summed E-state index contributed by atoms with van der Waals surface area (Å²) in [6.45, 7) is 8.39. The molecule has 0 saturated carbocycles. The second-order valence-corrected chi connectivity index (χ2v) is 11.4. The Morgan fingerprint density at radius 1 is 1.21 bits per heavy atom. The molecule has 5 heterocycles. The number of hydrogen-bond donors (Lipinski definition) is 0. The van der Waals surface area contributed by atoms with Crippen molar-refractivity contribution in [3.63, 3.8) is 0 Å². The van der Waals surface area contributed by atoms with Crippen molar-refractivity contribution in [2.75, 3.05) is 13.1 Å². The van der Waals surface area contributed by atoms with Crippen LogP contribution in [-0.2, 0) is 4.74 Å². The standard InChI is InChI=1S/C27H28FN7O2S/c1-17-22(28)7-8-24(32-17)38-23-10-18(14-35-25(23)19(11-29)12-31-35)20-13-30-34(15-20)21-6-5-9-33(16-21)26(36)37-27(2,3)4/h7-8,10,12-15,21H,5-6,9,16H2,1-4H3/t21-/m0/s1. The largest absolute Gasteiger partial charge is 0.444 e. The normalized spacial score (nSPS) is 16.0. The third kappa shape index (κ3) is 5.36. The van der Waals surface area contributed by atoms with Crippen LogP contribution in [0.25, 0.3) is 16.6 Å². The van der Waals surface area contributed by atoms with E-state index in [0.29, 0.717) is 34.9 Å². The number of nitriles is 1. The van der Waals surface area contributed by atoms with E-state index in [9.17, 15) is 14.4 Å². The number of nitrogens with zero attached hydrogens (tertiary/aromatic N) is 7. The van der Waals surface area contributed by atoms with E-state index in [-0.39, 0.29) is 18.0 Å². The van der Waals surface area contributed by atoms with Gasteiger partial charge in [-0.2, -0.15) is 15.5 Å². The first kappa shape index (κ1) is 25.7. The highest BCUT2D eigenvalue weighted by molar-refractivity contribution is 7.99. The molecular weight excluding hydrogens is 505 g/mol. The van der Waals surface area contributed by atoms with Gasteiger partial charge < -0.3 is 9.64 Å². The monoisotopic (exact) mass is 533 g/mol. The van der Waals surface area contributed by atoms with Crippen molar-refractivity contribution in [1.82, 2.24) is 29.3 Å². The minimum absolute atomic E-state index is 0.0314. The highest BCUT2D eigenvalue weighted by Gasteiger charge is 2.29. The molecule has 1 fully saturated rings. The van der Waals surface area contributed by atoms with Crippen LogP contribution in [0, 0.1) is 24.1 Å². The number of halogens is 1. The van der Waals surface area contributed by atoms with E-state index in [1.54, 1.807) is 28.6 Å². The quantitative estimate of drug-likeness (QED) is 0.335. The molecule has 0 aromatic carbocycles. The number of aromatic nitrogens is 5. The number of carbonyl (C=O) groups excluding carboxylic acids is 1. The van der Waals surface area contributed by atoms with Gasteiger partial charge >= 0.3 is 6.09 Å². The Morgan fingerprint density at radius 3 is 2.76 bits per heavy atom. The lowest BCUT2D eigenvalue weighted by Gasteiger charge is -2.34. The topological polar surface area (TPSA) is 101 Å². The molecule has 1 amide bonds. The van der Waals surface area contributed by atoms with E-state index >= 15 is 0 Å². The van der Waals surface area contributed by atoms with Gasteiger partial charge in [0.05, 0.1) is 35.2 Å². The van der Waals surface area contributed by atoms with E-state index in [0.717, 1.165) is 28.9 Å². The number of hydrogen-bond acceptors (Lipinski definition) is 7. The average molecular weight is 534 g/mol. The molecule has 0 N–H and O–H groups in total. The van der Waals surface area contributed by atoms with E-state index in [2.05, 4.69) is 21.3 Å². The number of amides is 1. The Morgan fingerprint density at radius 2 is 2.03 bits per heavy atom. The van der Waals surface area contributed by atoms with Crippen molar-refractivity contribution in [3.8, 4) is 17.2 Å². The fraction of sp³-hybridized carbons (Fsp3) is 0.370. The van der Waals surface area contributed by atoms with Gasteiger partial charge in [-0.15, -0.1) is 0 Å². The molecule has 4 aromatic heterocycles. The molecule has 4 aromatic rings. The lowest BCUT2D eigenvalue weighted by atomic mass is 10.1. The van der Waals surface area contributed by atoms with Crippen molar-refractivity contribution in [3.05, 3.63) is 60.1 Å². The highest BCUT2D eigenvalue weighted by Crippen LogP contribution is 2.35. The summed E-state index contributed by atoms with van der Waals surface area (Å²) in [6, 6.07) is 7.21. The Hall–Kier alpha value is -3.91. The first-order chi connectivity index (χ1) is 18.1. The van der Waals surface area contributed by atoms with Gasteiger partial charge in [0.25, 0.3) is 0 Å². The molecule has 1 atom stereocenters. The van der Waals surface area contributed by atoms with Gasteiger partial charge in [-0.3, -0.25) is 4.68 Å². The van der Waals surface area contributed by atoms with Crippen LogP contribution in [0.1, 0.15) is 50.9 Å². The minimum Gasteiger partial charge on any atom is -0.444 e. The molecule has 1 aliphatic rings. The Labute approximate surface area is 224 Å². The molecule has 38 heavy (non-hydrogen) atoms. The number of fused-ring (bicyclic) bond motifs is 1. The van der Waals surface area contributed by atoms with E-state index in [4.69, 9.17) is 4.74 Å². The lowest BCUT2D eigenvalue weighted by Crippen LogP contribution is -2.43. The van der Waals surface area contributed by atoms with Gasteiger partial charge in [-0.1, -0.05) is 11.8 Å². The summed E-state index contributed by atoms with van der Waals surface area (Å²) < 4.78 is 22.9. The molecule has 9 nitrogen and oxygen atoms in total. The third-order valence-electron chi connectivity index (χ3n) is 6.26. The molecule has 11 heteroatoms. The maximum Gasteiger partial charge on any atom is 0.410 e. The zero-order valence-electron chi connectivity index (χ0n) is 21.7. The number of rotatable bonds is 4. The second kappa shape index (κ2) is 10.1. The average Bonchev–Trinajstić information content (AvgIpc) is 3.53. The zero-order valence-corrected chi connectivity index (χ0v) is 22.5. The van der Waals surface area contributed by atoms with Crippen molar-refractivity contribution >= 4 is 23.4 Å². The van der Waals surface area contributed by atoms with Crippen LogP contribution in [0.3, 0.4) is 0 Å². The molecule has 0 unspecified atom stereocenters. The molecule has 0 spiro atoms. The molecule has 0 aliphatic carbocycles. The van der Waals surface area contributed by atoms with Crippen LogP contribution >= 0.6 is 11.8 Å². The number of likely N-dealkylation sites (tertiary alicyclic amines) is 1. The van der Waals surface area contributed by atoms with Gasteiger partial charge in [0.15, 0.2) is 0 Å². The number of aryl methyl sites for hydroxylation is 1. The molecule has 1 aliphatic heterocycles. The molecular formula is C27H28FN7O2S. The van der Waals surface area contributed by atoms with Crippen molar-refractivity contribution < 1.29 is 13.9 Å². The summed E-state index contributed by atoms with van der Waals surface area (Å²) in [4.78, 5) is 19.5. The van der Waals surface area contributed by atoms with Crippen LogP contribution < -0.4 is 0 Å². The summed E-state index contributed by atoms with van der Waals surface area (Å²) in [6.07, 6.45) is 8.60. The first-order valence-electron chi connectivity index (χ1n) is 12.4. The predicted octanol–water partition coefficient (Wildman–Crippen LogP) is 5.64. The molecule has 0 radical (unpaired) electrons. The summed E-state index contributed by atoms with van der Waals surface area (Å²) in [5.74, 6) is -0.365. The van der Waals surface area contributed by atoms with Gasteiger partial charge in [-0.05, 0) is 58.7 Å². The third-order valence-corrected chi connectivity index (χ3v) is 7.23. The number of pyridine rings is 2.